The Bertz CT molecular complexity index is 2860. The highest BCUT2D eigenvalue weighted by molar-refractivity contribution is 7.22. The number of ketones is 1. The zero-order chi connectivity index (χ0) is 42.0. The van der Waals surface area contributed by atoms with Crippen LogP contribution in [0.4, 0.5) is 0 Å². The van der Waals surface area contributed by atoms with Crippen molar-refractivity contribution in [2.75, 3.05) is 26.2 Å². The summed E-state index contributed by atoms with van der Waals surface area (Å²) < 4.78 is 9.16. The second kappa shape index (κ2) is 15.5. The van der Waals surface area contributed by atoms with Crippen LogP contribution in [0.15, 0.2) is 103 Å². The fourth-order valence-corrected chi connectivity index (χ4v) is 12.3. The molecule has 0 amide bonds. The van der Waals surface area contributed by atoms with Gasteiger partial charge < -0.3 is 14.9 Å². The predicted molar refractivity (Wildman–Crippen MR) is 245 cm³/mol. The van der Waals surface area contributed by atoms with Crippen LogP contribution < -0.4 is 4.74 Å². The summed E-state index contributed by atoms with van der Waals surface area (Å²) >= 11 is 3.22. The number of carbonyl (C=O) groups excluding carboxylic acids is 1. The van der Waals surface area contributed by atoms with Crippen LogP contribution in [0.2, 0.25) is 0 Å². The van der Waals surface area contributed by atoms with E-state index in [-0.39, 0.29) is 17.3 Å². The summed E-state index contributed by atoms with van der Waals surface area (Å²) in [7, 11) is 0. The van der Waals surface area contributed by atoms with Crippen molar-refractivity contribution >= 4 is 50.0 Å². The first-order chi connectivity index (χ1) is 29.5. The molecule has 4 aromatic carbocycles. The molecule has 2 N–H and O–H groups in total. The smallest absolute Gasteiger partial charge is 0.195 e. The van der Waals surface area contributed by atoms with Crippen LogP contribution in [0.25, 0.3) is 31.2 Å². The number of aromatic hydroxyl groups is 2. The third-order valence-corrected chi connectivity index (χ3v) is 15.3. The number of aromatic nitrogens is 3. The number of hydrogen-bond acceptors (Lipinski definition) is 10. The Morgan fingerprint density at radius 1 is 0.902 bits per heavy atom. The maximum atomic E-state index is 14.0. The SMILES string of the molecule is C=C1N=C(c2ccc(CC3CC4(CCCN(CCOc5ccc(C(=O)c6c(-c7ccc(O)cc7)sc7cc(O)ccc67)cc5)C4)C3)cc2)c2c(sc(C)c2C)-n2c(C)nnc21. The first kappa shape index (κ1) is 39.3. The maximum Gasteiger partial charge on any atom is 0.195 e. The van der Waals surface area contributed by atoms with Crippen molar-refractivity contribution in [1.29, 1.82) is 0 Å². The zero-order valence-corrected chi connectivity index (χ0v) is 36.2. The van der Waals surface area contributed by atoms with Gasteiger partial charge in [-0.1, -0.05) is 30.8 Å². The van der Waals surface area contributed by atoms with E-state index in [2.05, 4.69) is 64.4 Å². The summed E-state index contributed by atoms with van der Waals surface area (Å²) in [4.78, 5) is 23.7. The van der Waals surface area contributed by atoms with Gasteiger partial charge in [-0.3, -0.25) is 14.3 Å². The van der Waals surface area contributed by atoms with Crippen molar-refractivity contribution < 1.29 is 19.7 Å². The molecule has 2 aliphatic heterocycles. The topological polar surface area (TPSA) is 113 Å². The van der Waals surface area contributed by atoms with Gasteiger partial charge in [0, 0.05) is 55.2 Å². The van der Waals surface area contributed by atoms with E-state index in [1.54, 1.807) is 41.7 Å². The van der Waals surface area contributed by atoms with Crippen molar-refractivity contribution in [3.05, 3.63) is 147 Å². The van der Waals surface area contributed by atoms with Gasteiger partial charge in [0.1, 0.15) is 40.4 Å². The first-order valence-electron chi connectivity index (χ1n) is 21.0. The van der Waals surface area contributed by atoms with Gasteiger partial charge in [-0.15, -0.1) is 32.9 Å². The van der Waals surface area contributed by atoms with Crippen LogP contribution in [0.5, 0.6) is 17.2 Å². The number of hydrogen-bond donors (Lipinski definition) is 2. The fraction of sp³-hybridized carbons (Fsp3) is 0.280. The molecule has 1 spiro atoms. The first-order valence-corrected chi connectivity index (χ1v) is 22.6. The molecule has 2 fully saturated rings. The van der Waals surface area contributed by atoms with E-state index in [9.17, 15) is 15.0 Å². The largest absolute Gasteiger partial charge is 0.508 e. The number of likely N-dealkylation sites (tertiary alicyclic amines) is 1. The summed E-state index contributed by atoms with van der Waals surface area (Å²) in [6, 6.07) is 28.4. The number of phenolic OH excluding ortho intramolecular Hbond substituents is 2. The summed E-state index contributed by atoms with van der Waals surface area (Å²) in [6.07, 6.45) is 6.13. The Kier molecular flexibility index (Phi) is 10.0. The Morgan fingerprint density at radius 2 is 1.64 bits per heavy atom. The average Bonchev–Trinajstić information content (AvgIpc) is 3.89. The Labute approximate surface area is 363 Å². The molecule has 1 saturated heterocycles. The Morgan fingerprint density at radius 3 is 2.41 bits per heavy atom. The molecule has 3 aromatic heterocycles. The third-order valence-electron chi connectivity index (χ3n) is 12.9. The number of benzene rings is 4. The second-order valence-corrected chi connectivity index (χ2v) is 19.3. The van der Waals surface area contributed by atoms with Crippen LogP contribution in [0.1, 0.15) is 80.4 Å². The molecule has 1 aliphatic carbocycles. The number of carbonyl (C=O) groups is 1. The van der Waals surface area contributed by atoms with Crippen LogP contribution in [-0.4, -0.2) is 67.6 Å². The monoisotopic (exact) mass is 845 g/mol. The molecule has 0 atom stereocenters. The number of rotatable bonds is 10. The minimum atomic E-state index is -0.0950. The summed E-state index contributed by atoms with van der Waals surface area (Å²) in [5.74, 6) is 3.20. The standard InChI is InChI=1S/C50H47N5O4S2/c1-29-31(3)60-49-43(29)45(51-30(2)48-53-52-32(4)55(48)49)35-8-6-33(7-9-35)24-34-26-50(27-34)20-5-21-54(28-50)22-23-59-40-17-12-36(13-18-40)46(58)44-41-19-16-39(57)25-42(41)61-47(44)37-10-14-38(56)15-11-37/h6-19,25,34,56-57H,2,5,20-24,26-28H2,1,3-4H3. The van der Waals surface area contributed by atoms with E-state index in [4.69, 9.17) is 9.73 Å². The van der Waals surface area contributed by atoms with E-state index in [1.807, 2.05) is 43.3 Å². The molecule has 3 aliphatic rings. The lowest BCUT2D eigenvalue weighted by Gasteiger charge is -2.53. The van der Waals surface area contributed by atoms with Crippen molar-refractivity contribution in [3.63, 3.8) is 0 Å². The van der Waals surface area contributed by atoms with Gasteiger partial charge in [-0.2, -0.15) is 0 Å². The highest BCUT2D eigenvalue weighted by atomic mass is 32.1. The molecule has 308 valence electrons. The van der Waals surface area contributed by atoms with Gasteiger partial charge >= 0.3 is 0 Å². The van der Waals surface area contributed by atoms with Crippen molar-refractivity contribution in [1.82, 2.24) is 19.7 Å². The van der Waals surface area contributed by atoms with Gasteiger partial charge in [0.15, 0.2) is 11.6 Å². The molecule has 0 radical (unpaired) electrons. The summed E-state index contributed by atoms with van der Waals surface area (Å²) in [6.45, 7) is 14.3. The minimum Gasteiger partial charge on any atom is -0.508 e. The van der Waals surface area contributed by atoms with Gasteiger partial charge in [0.25, 0.3) is 0 Å². The normalized spacial score (nSPS) is 18.7. The number of thiophene rings is 2. The minimum absolute atomic E-state index is 0.0950. The molecule has 5 heterocycles. The molecule has 0 unspecified atom stereocenters. The molecule has 0 bridgehead atoms. The molecule has 11 heteroatoms. The van der Waals surface area contributed by atoms with Crippen molar-refractivity contribution in [2.24, 2.45) is 16.3 Å². The lowest BCUT2D eigenvalue weighted by atomic mass is 9.57. The molecular formula is C50H47N5O4S2. The van der Waals surface area contributed by atoms with E-state index < -0.39 is 0 Å². The Hall–Kier alpha value is -5.88. The molecule has 61 heavy (non-hydrogen) atoms. The third kappa shape index (κ3) is 7.28. The van der Waals surface area contributed by atoms with Gasteiger partial charge in [-0.25, -0.2) is 4.99 Å². The highest BCUT2D eigenvalue weighted by Crippen LogP contribution is 2.52. The van der Waals surface area contributed by atoms with Crippen LogP contribution in [-0.2, 0) is 6.42 Å². The summed E-state index contributed by atoms with van der Waals surface area (Å²) in [5, 5.41) is 30.6. The Balaban J connectivity index is 0.741. The number of aliphatic imine (C=N–C) groups is 1. The lowest BCUT2D eigenvalue weighted by molar-refractivity contribution is -0.0259. The van der Waals surface area contributed by atoms with E-state index in [0.29, 0.717) is 40.6 Å². The van der Waals surface area contributed by atoms with Gasteiger partial charge in [0.05, 0.1) is 5.71 Å². The maximum absolute atomic E-state index is 14.0. The predicted octanol–water partition coefficient (Wildman–Crippen LogP) is 10.7. The number of ether oxygens (including phenoxy) is 1. The highest BCUT2D eigenvalue weighted by Gasteiger charge is 2.46. The molecule has 1 saturated carbocycles. The van der Waals surface area contributed by atoms with Crippen LogP contribution in [0, 0.1) is 32.1 Å². The number of nitrogens with zero attached hydrogens (tertiary/aromatic N) is 5. The number of aryl methyl sites for hydroxylation is 2. The van der Waals surface area contributed by atoms with E-state index in [1.165, 1.54) is 53.0 Å². The summed E-state index contributed by atoms with van der Waals surface area (Å²) in [5.41, 5.74) is 8.82. The van der Waals surface area contributed by atoms with Gasteiger partial charge in [-0.05, 0) is 154 Å². The number of fused-ring (bicyclic) bond motifs is 4. The average molecular weight is 846 g/mol. The molecule has 10 rings (SSSR count). The zero-order valence-electron chi connectivity index (χ0n) is 34.6. The van der Waals surface area contributed by atoms with Gasteiger partial charge in [0.2, 0.25) is 0 Å². The van der Waals surface area contributed by atoms with Crippen LogP contribution in [0.3, 0.4) is 0 Å². The van der Waals surface area contributed by atoms with Crippen molar-refractivity contribution in [2.45, 2.75) is 52.9 Å². The number of phenols is 2. The molecule has 9 nitrogen and oxygen atoms in total. The van der Waals surface area contributed by atoms with Crippen LogP contribution >= 0.6 is 22.7 Å². The van der Waals surface area contributed by atoms with E-state index >= 15 is 0 Å². The quantitative estimate of drug-likeness (QED) is 0.132. The molecule has 7 aromatic rings. The van der Waals surface area contributed by atoms with E-state index in [0.717, 1.165) is 80.0 Å². The molecular weight excluding hydrogens is 799 g/mol. The van der Waals surface area contributed by atoms with Crippen molar-refractivity contribution in [3.8, 4) is 32.7 Å². The second-order valence-electron chi connectivity index (χ2n) is 17.1. The number of piperidine rings is 1. The fourth-order valence-electron chi connectivity index (χ4n) is 9.83. The lowest BCUT2D eigenvalue weighted by Crippen LogP contribution is -2.51.